The van der Waals surface area contributed by atoms with Crippen molar-refractivity contribution in [2.24, 2.45) is 10.7 Å². The van der Waals surface area contributed by atoms with Crippen molar-refractivity contribution in [2.75, 3.05) is 38.6 Å². The number of aryl methyl sites for hydroxylation is 2. The summed E-state index contributed by atoms with van der Waals surface area (Å²) >= 11 is 0. The molecule has 1 heterocycles. The molecule has 2 rings (SSSR count). The summed E-state index contributed by atoms with van der Waals surface area (Å²) in [6.45, 7) is 7.38. The average Bonchev–Trinajstić information content (AvgIpc) is 2.35. The number of nitrogens with one attached hydrogen (secondary N) is 1. The predicted molar refractivity (Wildman–Crippen MR) is 83.3 cm³/mol. The van der Waals surface area contributed by atoms with E-state index in [9.17, 15) is 0 Å². The maximum Gasteiger partial charge on any atom is 0.193 e. The number of benzene rings is 1. The molecular formula is C15H24N4O. The number of hydrogen-bond acceptors (Lipinski definition) is 3. The van der Waals surface area contributed by atoms with Crippen LogP contribution in [0.25, 0.3) is 0 Å². The second-order valence-corrected chi connectivity index (χ2v) is 5.48. The highest BCUT2D eigenvalue weighted by atomic mass is 16.5. The number of nitrogens with zero attached hydrogens (tertiary/aromatic N) is 2. The maximum absolute atomic E-state index is 5.93. The zero-order chi connectivity index (χ0) is 14.5. The second-order valence-electron chi connectivity index (χ2n) is 5.48. The smallest absolute Gasteiger partial charge is 0.193 e. The lowest BCUT2D eigenvalue weighted by molar-refractivity contribution is -0.0136. The van der Waals surface area contributed by atoms with Crippen molar-refractivity contribution >= 4 is 11.6 Å². The van der Waals surface area contributed by atoms with Gasteiger partial charge >= 0.3 is 0 Å². The van der Waals surface area contributed by atoms with Gasteiger partial charge in [-0.2, -0.15) is 0 Å². The molecule has 1 aromatic rings. The van der Waals surface area contributed by atoms with Gasteiger partial charge in [-0.1, -0.05) is 6.07 Å². The largest absolute Gasteiger partial charge is 0.374 e. The van der Waals surface area contributed by atoms with Crippen LogP contribution in [0.5, 0.6) is 0 Å². The molecular weight excluding hydrogens is 252 g/mol. The number of likely N-dealkylation sites (N-methyl/N-ethyl adjacent to an activating group) is 1. The van der Waals surface area contributed by atoms with Gasteiger partial charge in [-0.15, -0.1) is 0 Å². The molecule has 110 valence electrons. The van der Waals surface area contributed by atoms with Crippen LogP contribution in [0.1, 0.15) is 11.1 Å². The van der Waals surface area contributed by atoms with Crippen LogP contribution >= 0.6 is 0 Å². The van der Waals surface area contributed by atoms with Crippen LogP contribution in [0.2, 0.25) is 0 Å². The number of guanidine groups is 1. The first-order chi connectivity index (χ1) is 9.52. The minimum Gasteiger partial charge on any atom is -0.374 e. The molecule has 3 N–H and O–H groups in total. The Labute approximate surface area is 120 Å². The fourth-order valence-electron chi connectivity index (χ4n) is 2.41. The van der Waals surface area contributed by atoms with E-state index in [0.717, 1.165) is 25.4 Å². The molecule has 0 bridgehead atoms. The normalized spacial score (nSPS) is 20.9. The third kappa shape index (κ3) is 4.51. The molecule has 5 heteroatoms. The summed E-state index contributed by atoms with van der Waals surface area (Å²) in [6.07, 6.45) is 0.133. The van der Waals surface area contributed by atoms with Gasteiger partial charge in [0, 0.05) is 18.8 Å². The highest BCUT2D eigenvalue weighted by molar-refractivity contribution is 5.92. The monoisotopic (exact) mass is 276 g/mol. The third-order valence-corrected chi connectivity index (χ3v) is 3.30. The number of anilines is 1. The number of morpholine rings is 1. The highest BCUT2D eigenvalue weighted by Crippen LogP contribution is 2.13. The lowest BCUT2D eigenvalue weighted by Crippen LogP contribution is -2.41. The van der Waals surface area contributed by atoms with Gasteiger partial charge < -0.3 is 20.7 Å². The van der Waals surface area contributed by atoms with Gasteiger partial charge in [-0.3, -0.25) is 4.99 Å². The van der Waals surface area contributed by atoms with Crippen molar-refractivity contribution in [2.45, 2.75) is 20.0 Å². The van der Waals surface area contributed by atoms with Crippen molar-refractivity contribution in [3.8, 4) is 0 Å². The number of aliphatic imine (C=N–C) groups is 1. The molecule has 0 radical (unpaired) electrons. The Hall–Kier alpha value is -1.59. The zero-order valence-corrected chi connectivity index (χ0v) is 12.5. The van der Waals surface area contributed by atoms with Crippen LogP contribution in [-0.4, -0.2) is 50.3 Å². The minimum atomic E-state index is 0.133. The molecule has 0 aromatic heterocycles. The molecule has 1 unspecified atom stereocenters. The summed E-state index contributed by atoms with van der Waals surface area (Å²) in [5.74, 6) is 0.437. The molecule has 1 aliphatic heterocycles. The molecule has 0 aliphatic carbocycles. The topological polar surface area (TPSA) is 62.9 Å². The van der Waals surface area contributed by atoms with Crippen LogP contribution in [0.3, 0.4) is 0 Å². The van der Waals surface area contributed by atoms with Crippen molar-refractivity contribution < 1.29 is 4.74 Å². The van der Waals surface area contributed by atoms with E-state index in [1.807, 2.05) is 0 Å². The van der Waals surface area contributed by atoms with Gasteiger partial charge in [0.25, 0.3) is 0 Å². The Balaban J connectivity index is 1.90. The quantitative estimate of drug-likeness (QED) is 0.646. The molecule has 0 spiro atoms. The van der Waals surface area contributed by atoms with Crippen molar-refractivity contribution in [1.82, 2.24) is 4.90 Å². The Kier molecular flexibility index (Phi) is 4.98. The number of hydrogen-bond donors (Lipinski definition) is 2. The Morgan fingerprint density at radius 2 is 2.10 bits per heavy atom. The highest BCUT2D eigenvalue weighted by Gasteiger charge is 2.16. The van der Waals surface area contributed by atoms with Crippen molar-refractivity contribution in [1.29, 1.82) is 0 Å². The number of ether oxygens (including phenoxy) is 1. The Morgan fingerprint density at radius 3 is 2.75 bits per heavy atom. The molecule has 0 amide bonds. The van der Waals surface area contributed by atoms with Crippen LogP contribution < -0.4 is 11.1 Å². The molecule has 0 saturated carbocycles. The fraction of sp³-hybridized carbons (Fsp3) is 0.533. The van der Waals surface area contributed by atoms with Crippen LogP contribution in [-0.2, 0) is 4.74 Å². The SMILES string of the molecule is Cc1cc(C)cc(NC(N)=NCC2CN(C)CCO2)c1. The first kappa shape index (κ1) is 14.8. The summed E-state index contributed by atoms with van der Waals surface area (Å²) in [5.41, 5.74) is 9.32. The lowest BCUT2D eigenvalue weighted by atomic mass is 10.1. The second kappa shape index (κ2) is 6.72. The Morgan fingerprint density at radius 1 is 1.40 bits per heavy atom. The van der Waals surface area contributed by atoms with Crippen molar-refractivity contribution in [3.63, 3.8) is 0 Å². The van der Waals surface area contributed by atoms with E-state index in [-0.39, 0.29) is 6.10 Å². The first-order valence-corrected chi connectivity index (χ1v) is 6.98. The number of nitrogens with two attached hydrogens (primary N) is 1. The molecule has 1 atom stereocenters. The minimum absolute atomic E-state index is 0.133. The summed E-state index contributed by atoms with van der Waals surface area (Å²) in [5, 5.41) is 3.13. The number of rotatable bonds is 3. The van der Waals surface area contributed by atoms with Crippen LogP contribution in [0.15, 0.2) is 23.2 Å². The van der Waals surface area contributed by atoms with E-state index in [1.54, 1.807) is 0 Å². The van der Waals surface area contributed by atoms with Gasteiger partial charge in [-0.25, -0.2) is 0 Å². The summed E-state index contributed by atoms with van der Waals surface area (Å²) in [4.78, 5) is 6.62. The molecule has 1 fully saturated rings. The van der Waals surface area contributed by atoms with E-state index in [0.29, 0.717) is 12.5 Å². The average molecular weight is 276 g/mol. The molecule has 1 aromatic carbocycles. The third-order valence-electron chi connectivity index (χ3n) is 3.30. The molecule has 5 nitrogen and oxygen atoms in total. The molecule has 1 saturated heterocycles. The molecule has 1 aliphatic rings. The van der Waals surface area contributed by atoms with Crippen LogP contribution in [0.4, 0.5) is 5.69 Å². The first-order valence-electron chi connectivity index (χ1n) is 6.98. The van der Waals surface area contributed by atoms with E-state index in [2.05, 4.69) is 54.3 Å². The standard InChI is InChI=1S/C15H24N4O/c1-11-6-12(2)8-13(7-11)18-15(16)17-9-14-10-19(3)4-5-20-14/h6-8,14H,4-5,9-10H2,1-3H3,(H3,16,17,18). The van der Waals surface area contributed by atoms with E-state index < -0.39 is 0 Å². The van der Waals surface area contributed by atoms with Gasteiger partial charge in [0.05, 0.1) is 19.3 Å². The summed E-state index contributed by atoms with van der Waals surface area (Å²) in [6, 6.07) is 6.24. The lowest BCUT2D eigenvalue weighted by Gasteiger charge is -2.29. The van der Waals surface area contributed by atoms with Gasteiger partial charge in [-0.05, 0) is 44.2 Å². The summed E-state index contributed by atoms with van der Waals surface area (Å²) in [7, 11) is 2.09. The summed E-state index contributed by atoms with van der Waals surface area (Å²) < 4.78 is 5.66. The van der Waals surface area contributed by atoms with E-state index in [1.165, 1.54) is 11.1 Å². The van der Waals surface area contributed by atoms with Crippen LogP contribution in [0, 0.1) is 13.8 Å². The van der Waals surface area contributed by atoms with E-state index >= 15 is 0 Å². The maximum atomic E-state index is 5.93. The van der Waals surface area contributed by atoms with Crippen molar-refractivity contribution in [3.05, 3.63) is 29.3 Å². The van der Waals surface area contributed by atoms with Gasteiger partial charge in [0.15, 0.2) is 5.96 Å². The van der Waals surface area contributed by atoms with E-state index in [4.69, 9.17) is 10.5 Å². The fourth-order valence-corrected chi connectivity index (χ4v) is 2.41. The molecule has 20 heavy (non-hydrogen) atoms. The van der Waals surface area contributed by atoms with Gasteiger partial charge in [0.1, 0.15) is 0 Å². The predicted octanol–water partition coefficient (Wildman–Crippen LogP) is 1.36. The Bertz CT molecular complexity index is 467. The zero-order valence-electron chi connectivity index (χ0n) is 12.5. The van der Waals surface area contributed by atoms with Gasteiger partial charge in [0.2, 0.25) is 0 Å².